The number of rotatable bonds is 15. The molecule has 10 nitrogen and oxygen atoms in total. The fourth-order valence-electron chi connectivity index (χ4n) is 1.79. The molecule has 0 rings (SSSR count). The van der Waals surface area contributed by atoms with Crippen molar-refractivity contribution in [3.63, 3.8) is 0 Å². The maximum Gasteiger partial charge on any atom is 0.303 e. The topological polar surface area (TPSA) is 210 Å². The van der Waals surface area contributed by atoms with Crippen LogP contribution in [0.15, 0.2) is 0 Å². The Morgan fingerprint density at radius 3 is 0.875 bits per heavy atom. The minimum atomic E-state index is -0.716. The van der Waals surface area contributed by atoms with Crippen molar-refractivity contribution in [3.05, 3.63) is 0 Å². The first kappa shape index (κ1) is 41.2. The molecule has 0 atom stereocenters. The van der Waals surface area contributed by atoms with Crippen molar-refractivity contribution in [1.82, 2.24) is 0 Å². The number of nitrogens with two attached hydrogens (primary N) is 3. The molecule has 0 amide bonds. The van der Waals surface area contributed by atoms with Crippen LogP contribution in [0.2, 0.25) is 0 Å². The van der Waals surface area contributed by atoms with E-state index in [0.29, 0.717) is 19.6 Å². The number of carboxylic acid groups (broad SMARTS) is 3. The molecule has 0 bridgehead atoms. The zero-order valence-corrected chi connectivity index (χ0v) is 21.5. The Bertz CT molecular complexity index is 347. The molecule has 192 valence electrons. The second-order valence-electron chi connectivity index (χ2n) is 7.07. The molecule has 0 saturated carbocycles. The largest absolute Gasteiger partial charge is 0.481 e. The van der Waals surface area contributed by atoms with Crippen molar-refractivity contribution in [1.29, 1.82) is 0 Å². The summed E-state index contributed by atoms with van der Waals surface area (Å²) in [5.41, 5.74) is 15.6. The summed E-state index contributed by atoms with van der Waals surface area (Å²) in [7, 11) is 0. The van der Waals surface area contributed by atoms with Crippen LogP contribution in [0.25, 0.3) is 0 Å². The third kappa shape index (κ3) is 78.7. The van der Waals surface area contributed by atoms with E-state index in [4.69, 9.17) is 37.6 Å². The predicted octanol–water partition coefficient (Wildman–Crippen LogP) is 2.15. The molecule has 32 heavy (non-hydrogen) atoms. The summed E-state index contributed by atoms with van der Waals surface area (Å²) < 4.78 is 0. The van der Waals surface area contributed by atoms with E-state index < -0.39 is 17.9 Å². The number of aliphatic carboxylic acids is 3. The van der Waals surface area contributed by atoms with Gasteiger partial charge < -0.3 is 37.6 Å². The van der Waals surface area contributed by atoms with Crippen LogP contribution in [0.3, 0.4) is 0 Å². The normalized spacial score (nSPS) is 9.09. The zero-order valence-electron chi connectivity index (χ0n) is 19.9. The van der Waals surface area contributed by atoms with E-state index in [1.54, 1.807) is 13.8 Å². The summed E-state index contributed by atoms with van der Waals surface area (Å²) in [4.78, 5) is 29.8. The van der Waals surface area contributed by atoms with Gasteiger partial charge >= 0.3 is 17.9 Å². The van der Waals surface area contributed by atoms with Gasteiger partial charge in [0.15, 0.2) is 0 Å². The summed E-state index contributed by atoms with van der Waals surface area (Å²) in [5.74, 6) is -2.15. The molecule has 0 aromatic heterocycles. The summed E-state index contributed by atoms with van der Waals surface area (Å²) >= 11 is 0. The van der Waals surface area contributed by atoms with Crippen molar-refractivity contribution in [3.8, 4) is 0 Å². The van der Waals surface area contributed by atoms with Gasteiger partial charge in [-0.15, -0.1) is 0 Å². The minimum Gasteiger partial charge on any atom is -0.481 e. The molecule has 0 spiro atoms. The van der Waals surface area contributed by atoms with Gasteiger partial charge in [-0.1, -0.05) is 19.3 Å². The van der Waals surface area contributed by atoms with Gasteiger partial charge in [-0.2, -0.15) is 0 Å². The van der Waals surface area contributed by atoms with Crippen molar-refractivity contribution in [2.45, 2.75) is 97.0 Å². The van der Waals surface area contributed by atoms with Gasteiger partial charge in [0.2, 0.25) is 0 Å². The van der Waals surface area contributed by atoms with Crippen LogP contribution in [0.4, 0.5) is 0 Å². The molecular weight excluding hydrogens is 454 g/mol. The maximum atomic E-state index is 9.93. The van der Waals surface area contributed by atoms with E-state index in [1.807, 2.05) is 0 Å². The van der Waals surface area contributed by atoms with Gasteiger partial charge in [0.1, 0.15) is 0 Å². The molecule has 0 radical (unpaired) electrons. The summed E-state index contributed by atoms with van der Waals surface area (Å²) in [6.45, 7) is 5.44. The first-order chi connectivity index (χ1) is 14.5. The average molecular weight is 501 g/mol. The summed E-state index contributed by atoms with van der Waals surface area (Å²) in [5, 5.41) is 32.6. The number of hydrogen-bond acceptors (Lipinski definition) is 7. The quantitative estimate of drug-likeness (QED) is 0.128. The second-order valence-corrected chi connectivity index (χ2v) is 7.07. The fourth-order valence-corrected chi connectivity index (χ4v) is 1.79. The van der Waals surface area contributed by atoms with Gasteiger partial charge in [-0.05, 0) is 72.0 Å². The average Bonchev–Trinajstić information content (AvgIpc) is 2.66. The Morgan fingerprint density at radius 1 is 0.562 bits per heavy atom. The number of aliphatic hydroxyl groups is 1. The fraction of sp³-hybridized carbons (Fsp3) is 0.857. The number of hydrogen-bond donors (Lipinski definition) is 7. The Labute approximate surface area is 208 Å². The van der Waals surface area contributed by atoms with Crippen LogP contribution < -0.4 is 17.2 Å². The maximum absolute atomic E-state index is 9.93. The Hall–Kier alpha value is -1.04. The summed E-state index contributed by atoms with van der Waals surface area (Å²) in [6.07, 6.45) is 8.55. The van der Waals surface area contributed by atoms with E-state index in [2.05, 4.69) is 0 Å². The van der Waals surface area contributed by atoms with Crippen LogP contribution in [0, 0.1) is 0 Å². The van der Waals surface area contributed by atoms with Crippen LogP contribution in [0.5, 0.6) is 0 Å². The summed E-state index contributed by atoms with van der Waals surface area (Å²) in [6, 6.07) is 0. The van der Waals surface area contributed by atoms with Crippen molar-refractivity contribution in [2.24, 2.45) is 17.2 Å². The van der Waals surface area contributed by atoms with Gasteiger partial charge in [0.25, 0.3) is 0 Å². The van der Waals surface area contributed by atoms with Crippen LogP contribution in [-0.2, 0) is 36.1 Å². The molecule has 0 saturated heterocycles. The molecule has 0 heterocycles. The Balaban J connectivity index is -0.000000104. The Kier molecular flexibility index (Phi) is 48.1. The van der Waals surface area contributed by atoms with Crippen LogP contribution in [-0.4, -0.2) is 64.1 Å². The van der Waals surface area contributed by atoms with Crippen LogP contribution >= 0.6 is 0 Å². The predicted molar refractivity (Wildman–Crippen MR) is 123 cm³/mol. The molecule has 0 aliphatic carbocycles. The SMILES string of the molecule is CC(C)O.NCCCCCC(=O)O.NCCCCCC(=O)O.NCCCCCC(=O)O.[Ti]. The molecule has 0 aliphatic heterocycles. The number of aliphatic hydroxyl groups excluding tert-OH is 1. The van der Waals surface area contributed by atoms with Gasteiger partial charge in [-0.25, -0.2) is 0 Å². The standard InChI is InChI=1S/3C6H13NO2.C3H8O.Ti/c3*7-5-3-1-2-4-6(8)9;1-3(2)4;/h3*1-5,7H2,(H,8,9);3-4H,1-2H3;. The van der Waals surface area contributed by atoms with Gasteiger partial charge in [0, 0.05) is 47.1 Å². The molecule has 0 aromatic carbocycles. The molecule has 10 N–H and O–H groups in total. The molecular formula is C21H47N3O7Ti. The van der Waals surface area contributed by atoms with Gasteiger partial charge in [-0.3, -0.25) is 14.4 Å². The third-order valence-corrected chi connectivity index (χ3v) is 3.28. The van der Waals surface area contributed by atoms with E-state index in [0.717, 1.165) is 57.8 Å². The number of unbranched alkanes of at least 4 members (excludes halogenated alkanes) is 6. The number of carboxylic acids is 3. The monoisotopic (exact) mass is 501 g/mol. The molecule has 0 unspecified atom stereocenters. The van der Waals surface area contributed by atoms with E-state index >= 15 is 0 Å². The van der Waals surface area contributed by atoms with Crippen molar-refractivity contribution >= 4 is 17.9 Å². The van der Waals surface area contributed by atoms with Crippen molar-refractivity contribution in [2.75, 3.05) is 19.6 Å². The molecule has 11 heteroatoms. The molecule has 0 fully saturated rings. The van der Waals surface area contributed by atoms with Crippen molar-refractivity contribution < 1.29 is 56.5 Å². The molecule has 0 aliphatic rings. The van der Waals surface area contributed by atoms with Crippen LogP contribution in [0.1, 0.15) is 90.9 Å². The van der Waals surface area contributed by atoms with E-state index in [-0.39, 0.29) is 47.1 Å². The van der Waals surface area contributed by atoms with Gasteiger partial charge in [0.05, 0.1) is 0 Å². The third-order valence-electron chi connectivity index (χ3n) is 3.28. The molecule has 0 aromatic rings. The first-order valence-corrected chi connectivity index (χ1v) is 11.0. The smallest absolute Gasteiger partial charge is 0.303 e. The minimum absolute atomic E-state index is 0. The van der Waals surface area contributed by atoms with E-state index in [1.165, 1.54) is 0 Å². The zero-order chi connectivity index (χ0) is 24.9. The first-order valence-electron chi connectivity index (χ1n) is 11.0. The number of carbonyl (C=O) groups is 3. The second kappa shape index (κ2) is 37.3. The Morgan fingerprint density at radius 2 is 0.750 bits per heavy atom. The van der Waals surface area contributed by atoms with E-state index in [9.17, 15) is 14.4 Å².